The summed E-state index contributed by atoms with van der Waals surface area (Å²) in [5, 5.41) is 15.4. The van der Waals surface area contributed by atoms with E-state index in [9.17, 15) is 27.5 Å². The Morgan fingerprint density at radius 2 is 1.94 bits per heavy atom. The zero-order chi connectivity index (χ0) is 23.8. The lowest BCUT2D eigenvalue weighted by atomic mass is 10.1. The Hall–Kier alpha value is -3.35. The number of carbonyl (C=O) groups is 1. The molecule has 0 aliphatic rings. The monoisotopic (exact) mass is 505 g/mol. The van der Waals surface area contributed by atoms with Gasteiger partial charge in [0.05, 0.1) is 5.69 Å². The molecule has 0 atom stereocenters. The van der Waals surface area contributed by atoms with Gasteiger partial charge in [0.25, 0.3) is 15.6 Å². The van der Waals surface area contributed by atoms with E-state index in [1.165, 1.54) is 42.1 Å². The van der Waals surface area contributed by atoms with Crippen LogP contribution in [0.1, 0.15) is 0 Å². The number of hydrogen-bond donors (Lipinski definition) is 3. The van der Waals surface area contributed by atoms with Crippen molar-refractivity contribution >= 4 is 55.6 Å². The number of halogens is 1. The Morgan fingerprint density at radius 3 is 2.61 bits per heavy atom. The molecule has 4 aromatic rings. The molecule has 4 rings (SSSR count). The number of anilines is 1. The molecule has 0 unspecified atom stereocenters. The molecule has 2 aromatic heterocycles. The second kappa shape index (κ2) is 8.89. The first kappa shape index (κ1) is 22.8. The van der Waals surface area contributed by atoms with Gasteiger partial charge in [-0.25, -0.2) is 26.9 Å². The number of pyridine rings is 1. The van der Waals surface area contributed by atoms with Crippen LogP contribution in [0.3, 0.4) is 0 Å². The number of aromatic nitrogens is 1. The Kier molecular flexibility index (Phi) is 6.15. The number of thioether (sulfide) groups is 1. The molecule has 12 heteroatoms. The SMILES string of the molecule is CSc1ccc2cc(=O)n(-c3ccc(NC(=O)NS(=O)(=O)c4cccs4)cc3F)c(O)c2c1. The highest BCUT2D eigenvalue weighted by molar-refractivity contribution is 7.98. The molecule has 0 spiro atoms. The molecule has 2 aromatic carbocycles. The van der Waals surface area contributed by atoms with Crippen LogP contribution in [0.15, 0.2) is 73.9 Å². The summed E-state index contributed by atoms with van der Waals surface area (Å²) in [6, 6.07) is 11.7. The molecule has 2 amide bonds. The van der Waals surface area contributed by atoms with Crippen LogP contribution in [0.25, 0.3) is 16.5 Å². The summed E-state index contributed by atoms with van der Waals surface area (Å²) >= 11 is 2.39. The van der Waals surface area contributed by atoms with Crippen molar-refractivity contribution in [2.45, 2.75) is 9.10 Å². The molecule has 0 aliphatic heterocycles. The second-order valence-corrected chi connectivity index (χ2v) is 10.5. The molecule has 0 aliphatic carbocycles. The van der Waals surface area contributed by atoms with Crippen molar-refractivity contribution in [3.63, 3.8) is 0 Å². The predicted molar refractivity (Wildman–Crippen MR) is 127 cm³/mol. The van der Waals surface area contributed by atoms with Gasteiger partial charge in [0.15, 0.2) is 0 Å². The van der Waals surface area contributed by atoms with Crippen LogP contribution in [0.2, 0.25) is 0 Å². The highest BCUT2D eigenvalue weighted by Crippen LogP contribution is 2.30. The average molecular weight is 506 g/mol. The maximum atomic E-state index is 14.9. The van der Waals surface area contributed by atoms with Crippen LogP contribution in [0.5, 0.6) is 5.88 Å². The van der Waals surface area contributed by atoms with Crippen molar-refractivity contribution in [3.8, 4) is 11.6 Å². The molecule has 0 radical (unpaired) electrons. The number of rotatable bonds is 5. The Labute approximate surface area is 195 Å². The fourth-order valence-electron chi connectivity index (χ4n) is 3.15. The summed E-state index contributed by atoms with van der Waals surface area (Å²) in [5.41, 5.74) is -0.921. The third kappa shape index (κ3) is 4.58. The van der Waals surface area contributed by atoms with E-state index in [0.717, 1.165) is 26.9 Å². The average Bonchev–Trinajstić information content (AvgIpc) is 3.30. The summed E-state index contributed by atoms with van der Waals surface area (Å²) in [4.78, 5) is 25.5. The van der Waals surface area contributed by atoms with E-state index in [1.54, 1.807) is 23.6 Å². The van der Waals surface area contributed by atoms with Crippen LogP contribution in [0, 0.1) is 5.82 Å². The smallest absolute Gasteiger partial charge is 0.333 e. The van der Waals surface area contributed by atoms with Gasteiger partial charge in [0.1, 0.15) is 10.0 Å². The number of hydrogen-bond acceptors (Lipinski definition) is 7. The highest BCUT2D eigenvalue weighted by Gasteiger charge is 2.20. The normalized spacial score (nSPS) is 11.5. The van der Waals surface area contributed by atoms with Gasteiger partial charge in [-0.05, 0) is 53.4 Å². The first-order chi connectivity index (χ1) is 15.7. The van der Waals surface area contributed by atoms with Crippen LogP contribution in [-0.2, 0) is 10.0 Å². The van der Waals surface area contributed by atoms with Crippen molar-refractivity contribution < 1.29 is 22.7 Å². The second-order valence-electron chi connectivity index (χ2n) is 6.75. The van der Waals surface area contributed by atoms with Gasteiger partial charge in [0.2, 0.25) is 5.88 Å². The Balaban J connectivity index is 1.64. The molecule has 3 N–H and O–H groups in total. The molecule has 33 heavy (non-hydrogen) atoms. The van der Waals surface area contributed by atoms with Crippen LogP contribution >= 0.6 is 23.1 Å². The summed E-state index contributed by atoms with van der Waals surface area (Å²) in [5.74, 6) is -1.33. The number of sulfonamides is 1. The molecule has 0 fully saturated rings. The third-order valence-corrected chi connectivity index (χ3v) is 8.10. The maximum Gasteiger partial charge on any atom is 0.333 e. The number of thiophene rings is 1. The largest absolute Gasteiger partial charge is 0.494 e. The summed E-state index contributed by atoms with van der Waals surface area (Å²) in [6.45, 7) is 0. The van der Waals surface area contributed by atoms with Gasteiger partial charge in [0, 0.05) is 22.0 Å². The number of nitrogens with one attached hydrogen (secondary N) is 2. The lowest BCUT2D eigenvalue weighted by Crippen LogP contribution is -2.34. The highest BCUT2D eigenvalue weighted by atomic mass is 32.2. The molecule has 0 saturated carbocycles. The van der Waals surface area contributed by atoms with E-state index in [2.05, 4.69) is 5.32 Å². The fourth-order valence-corrected chi connectivity index (χ4v) is 5.49. The van der Waals surface area contributed by atoms with Gasteiger partial charge in [-0.1, -0.05) is 12.1 Å². The minimum atomic E-state index is -4.05. The van der Waals surface area contributed by atoms with E-state index < -0.39 is 33.3 Å². The number of nitrogens with zero attached hydrogens (tertiary/aromatic N) is 1. The first-order valence-corrected chi connectivity index (χ1v) is 12.9. The van der Waals surface area contributed by atoms with Crippen molar-refractivity contribution in [3.05, 3.63) is 76.1 Å². The first-order valence-electron chi connectivity index (χ1n) is 9.29. The molecular weight excluding hydrogens is 489 g/mol. The summed E-state index contributed by atoms with van der Waals surface area (Å²) < 4.78 is 41.8. The number of amides is 2. The third-order valence-electron chi connectivity index (χ3n) is 4.65. The van der Waals surface area contributed by atoms with Gasteiger partial charge < -0.3 is 10.4 Å². The molecular formula is C21H16FN3O5S3. The fraction of sp³-hybridized carbons (Fsp3) is 0.0476. The number of fused-ring (bicyclic) bond motifs is 1. The van der Waals surface area contributed by atoms with Gasteiger partial charge in [-0.15, -0.1) is 23.1 Å². The quantitative estimate of drug-likeness (QED) is 0.351. The standard InChI is InChI=1S/C21H16FN3O5S3/c1-31-14-6-4-12-9-18(26)25(20(27)15(12)11-14)17-7-5-13(10-16(17)22)23-21(28)24-33(29,30)19-3-2-8-32-19/h2-11,27H,1H3,(H2,23,24,28). The predicted octanol–water partition coefficient (Wildman–Crippen LogP) is 4.13. The summed E-state index contributed by atoms with van der Waals surface area (Å²) in [6.07, 6.45) is 1.86. The van der Waals surface area contributed by atoms with E-state index in [4.69, 9.17) is 0 Å². The number of urea groups is 1. The number of carbonyl (C=O) groups excluding carboxylic acids is 1. The van der Waals surface area contributed by atoms with Crippen molar-refractivity contribution in [2.24, 2.45) is 0 Å². The maximum absolute atomic E-state index is 14.9. The van der Waals surface area contributed by atoms with Crippen LogP contribution < -0.4 is 15.6 Å². The number of benzene rings is 2. The lowest BCUT2D eigenvalue weighted by Gasteiger charge is -2.14. The van der Waals surface area contributed by atoms with E-state index in [-0.39, 0.29) is 15.6 Å². The van der Waals surface area contributed by atoms with Crippen LogP contribution in [0.4, 0.5) is 14.9 Å². The molecule has 170 valence electrons. The van der Waals surface area contributed by atoms with E-state index in [1.807, 2.05) is 11.0 Å². The molecule has 8 nitrogen and oxygen atoms in total. The lowest BCUT2D eigenvalue weighted by molar-refractivity contribution is 0.256. The van der Waals surface area contributed by atoms with Crippen molar-refractivity contribution in [1.29, 1.82) is 0 Å². The molecule has 2 heterocycles. The van der Waals surface area contributed by atoms with Gasteiger partial charge >= 0.3 is 6.03 Å². The number of aromatic hydroxyl groups is 1. The zero-order valence-electron chi connectivity index (χ0n) is 16.9. The van der Waals surface area contributed by atoms with E-state index in [0.29, 0.717) is 10.8 Å². The molecule has 0 saturated heterocycles. The Bertz CT molecular complexity index is 1530. The minimum Gasteiger partial charge on any atom is -0.494 e. The molecule has 0 bridgehead atoms. The topological polar surface area (TPSA) is 118 Å². The van der Waals surface area contributed by atoms with E-state index >= 15 is 0 Å². The van der Waals surface area contributed by atoms with Gasteiger partial charge in [-0.2, -0.15) is 0 Å². The minimum absolute atomic E-state index is 0.0463. The van der Waals surface area contributed by atoms with Crippen molar-refractivity contribution in [2.75, 3.05) is 11.6 Å². The summed E-state index contributed by atoms with van der Waals surface area (Å²) in [7, 11) is -4.05. The van der Waals surface area contributed by atoms with Crippen molar-refractivity contribution in [1.82, 2.24) is 9.29 Å². The van der Waals surface area contributed by atoms with Gasteiger partial charge in [-0.3, -0.25) is 4.79 Å². The van der Waals surface area contributed by atoms with Crippen LogP contribution in [-0.4, -0.2) is 30.4 Å². The zero-order valence-corrected chi connectivity index (χ0v) is 19.4. The Morgan fingerprint density at radius 1 is 1.15 bits per heavy atom.